The number of piperazine rings is 1. The molecule has 1 aromatic rings. The average Bonchev–Trinajstić information content (AvgIpc) is 2.27. The molecule has 3 nitrogen and oxygen atoms in total. The summed E-state index contributed by atoms with van der Waals surface area (Å²) in [7, 11) is 0. The Hall–Kier alpha value is -1.36. The van der Waals surface area contributed by atoms with Crippen molar-refractivity contribution >= 4 is 11.4 Å². The van der Waals surface area contributed by atoms with E-state index < -0.39 is 11.6 Å². The Morgan fingerprint density at radius 1 is 1.13 bits per heavy atom. The minimum absolute atomic E-state index is 0.147. The maximum atomic E-state index is 13.5. The van der Waals surface area contributed by atoms with Gasteiger partial charge in [0.2, 0.25) is 0 Å². The third-order valence-electron chi connectivity index (χ3n) is 2.55. The molecule has 15 heavy (non-hydrogen) atoms. The van der Waals surface area contributed by atoms with Crippen molar-refractivity contribution in [1.29, 1.82) is 0 Å². The van der Waals surface area contributed by atoms with Crippen molar-refractivity contribution in [3.63, 3.8) is 0 Å². The SMILES string of the molecule is Nc1ccc(N2CCNCC2)c(F)c1F. The van der Waals surface area contributed by atoms with Crippen molar-refractivity contribution < 1.29 is 8.78 Å². The zero-order valence-electron chi connectivity index (χ0n) is 8.26. The van der Waals surface area contributed by atoms with Gasteiger partial charge in [0.05, 0.1) is 11.4 Å². The Morgan fingerprint density at radius 3 is 2.47 bits per heavy atom. The Morgan fingerprint density at radius 2 is 1.80 bits per heavy atom. The third kappa shape index (κ3) is 1.87. The van der Waals surface area contributed by atoms with E-state index in [2.05, 4.69) is 5.32 Å². The molecule has 0 unspecified atom stereocenters. The maximum absolute atomic E-state index is 13.5. The monoisotopic (exact) mass is 213 g/mol. The summed E-state index contributed by atoms with van der Waals surface area (Å²) in [5.74, 6) is -1.80. The van der Waals surface area contributed by atoms with E-state index in [1.54, 1.807) is 0 Å². The summed E-state index contributed by atoms with van der Waals surface area (Å²) in [6.45, 7) is 2.93. The predicted molar refractivity (Wildman–Crippen MR) is 55.9 cm³/mol. The number of nitrogens with one attached hydrogen (secondary N) is 1. The fourth-order valence-corrected chi connectivity index (χ4v) is 1.70. The van der Waals surface area contributed by atoms with Crippen LogP contribution in [0.25, 0.3) is 0 Å². The molecule has 0 bridgehead atoms. The number of hydrogen-bond acceptors (Lipinski definition) is 3. The standard InChI is InChI=1S/C10H13F2N3/c11-9-7(13)1-2-8(10(9)12)15-5-3-14-4-6-15/h1-2,14H,3-6,13H2. The van der Waals surface area contributed by atoms with Crippen LogP contribution in [0.4, 0.5) is 20.2 Å². The average molecular weight is 213 g/mol. The second-order valence-electron chi connectivity index (χ2n) is 3.54. The van der Waals surface area contributed by atoms with Gasteiger partial charge in [-0.3, -0.25) is 0 Å². The van der Waals surface area contributed by atoms with Crippen molar-refractivity contribution in [2.45, 2.75) is 0 Å². The first-order valence-corrected chi connectivity index (χ1v) is 4.89. The first kappa shape index (κ1) is 10.2. The van der Waals surface area contributed by atoms with Crippen LogP contribution in [0.5, 0.6) is 0 Å². The molecule has 1 saturated heterocycles. The number of nitrogens with two attached hydrogens (primary N) is 1. The van der Waals surface area contributed by atoms with Gasteiger partial charge in [-0.2, -0.15) is 0 Å². The molecule has 1 aromatic carbocycles. The molecule has 0 spiro atoms. The smallest absolute Gasteiger partial charge is 0.184 e. The summed E-state index contributed by atoms with van der Waals surface area (Å²) in [5.41, 5.74) is 5.42. The fourth-order valence-electron chi connectivity index (χ4n) is 1.70. The lowest BCUT2D eigenvalue weighted by Gasteiger charge is -2.29. The highest BCUT2D eigenvalue weighted by Gasteiger charge is 2.18. The molecule has 0 aromatic heterocycles. The van der Waals surface area contributed by atoms with E-state index >= 15 is 0 Å². The highest BCUT2D eigenvalue weighted by molar-refractivity contribution is 5.55. The summed E-state index contributed by atoms with van der Waals surface area (Å²) in [6.07, 6.45) is 0. The van der Waals surface area contributed by atoms with Crippen molar-refractivity contribution in [1.82, 2.24) is 5.32 Å². The molecule has 1 aliphatic heterocycles. The lowest BCUT2D eigenvalue weighted by Crippen LogP contribution is -2.44. The van der Waals surface area contributed by atoms with Crippen molar-refractivity contribution in [2.75, 3.05) is 36.8 Å². The zero-order chi connectivity index (χ0) is 10.8. The van der Waals surface area contributed by atoms with E-state index in [9.17, 15) is 8.78 Å². The van der Waals surface area contributed by atoms with Gasteiger partial charge in [0.15, 0.2) is 11.6 Å². The van der Waals surface area contributed by atoms with E-state index in [0.717, 1.165) is 13.1 Å². The van der Waals surface area contributed by atoms with Gasteiger partial charge in [0.1, 0.15) is 0 Å². The van der Waals surface area contributed by atoms with Crippen molar-refractivity contribution in [3.05, 3.63) is 23.8 Å². The van der Waals surface area contributed by atoms with Gasteiger partial charge in [-0.1, -0.05) is 0 Å². The largest absolute Gasteiger partial charge is 0.396 e. The summed E-state index contributed by atoms with van der Waals surface area (Å²) in [4.78, 5) is 1.81. The second kappa shape index (κ2) is 4.02. The second-order valence-corrected chi connectivity index (χ2v) is 3.54. The van der Waals surface area contributed by atoms with Crippen LogP contribution in [0.1, 0.15) is 0 Å². The van der Waals surface area contributed by atoms with Gasteiger partial charge in [0, 0.05) is 26.2 Å². The van der Waals surface area contributed by atoms with Crippen molar-refractivity contribution in [2.24, 2.45) is 0 Å². The number of nitrogen functional groups attached to an aromatic ring is 1. The van der Waals surface area contributed by atoms with Crippen LogP contribution in [0.3, 0.4) is 0 Å². The summed E-state index contributed by atoms with van der Waals surface area (Å²) in [6, 6.07) is 2.93. The van der Waals surface area contributed by atoms with Gasteiger partial charge in [0.25, 0.3) is 0 Å². The highest BCUT2D eigenvalue weighted by Crippen LogP contribution is 2.25. The van der Waals surface area contributed by atoms with Crippen LogP contribution in [0.2, 0.25) is 0 Å². The molecule has 0 radical (unpaired) electrons. The highest BCUT2D eigenvalue weighted by atomic mass is 19.2. The molecule has 0 aliphatic carbocycles. The molecule has 0 saturated carbocycles. The lowest BCUT2D eigenvalue weighted by atomic mass is 10.2. The van der Waals surface area contributed by atoms with Crippen LogP contribution >= 0.6 is 0 Å². The maximum Gasteiger partial charge on any atom is 0.184 e. The number of benzene rings is 1. The first-order chi connectivity index (χ1) is 7.20. The lowest BCUT2D eigenvalue weighted by molar-refractivity contribution is 0.502. The van der Waals surface area contributed by atoms with Gasteiger partial charge in [-0.05, 0) is 12.1 Å². The van der Waals surface area contributed by atoms with Gasteiger partial charge in [-0.25, -0.2) is 8.78 Å². The molecule has 1 heterocycles. The molecule has 5 heteroatoms. The summed E-state index contributed by atoms with van der Waals surface area (Å²) in [5, 5.41) is 3.15. The Labute approximate surface area is 86.9 Å². The number of halogens is 2. The number of hydrogen-bond donors (Lipinski definition) is 2. The van der Waals surface area contributed by atoms with E-state index in [4.69, 9.17) is 5.73 Å². The zero-order valence-corrected chi connectivity index (χ0v) is 8.26. The van der Waals surface area contributed by atoms with E-state index in [1.807, 2.05) is 4.90 Å². The molecule has 0 amide bonds. The first-order valence-electron chi connectivity index (χ1n) is 4.89. The van der Waals surface area contributed by atoms with Crippen LogP contribution in [-0.4, -0.2) is 26.2 Å². The van der Waals surface area contributed by atoms with E-state index in [0.29, 0.717) is 18.8 Å². The van der Waals surface area contributed by atoms with Crippen LogP contribution in [0.15, 0.2) is 12.1 Å². The normalized spacial score (nSPS) is 16.8. The summed E-state index contributed by atoms with van der Waals surface area (Å²) >= 11 is 0. The number of rotatable bonds is 1. The third-order valence-corrected chi connectivity index (χ3v) is 2.55. The molecule has 1 fully saturated rings. The number of anilines is 2. The fraction of sp³-hybridized carbons (Fsp3) is 0.400. The van der Waals surface area contributed by atoms with E-state index in [-0.39, 0.29) is 5.69 Å². The topological polar surface area (TPSA) is 41.3 Å². The molecule has 82 valence electrons. The molecular weight excluding hydrogens is 200 g/mol. The predicted octanol–water partition coefficient (Wildman–Crippen LogP) is 0.957. The number of nitrogens with zero attached hydrogens (tertiary/aromatic N) is 1. The van der Waals surface area contributed by atoms with Crippen LogP contribution in [0, 0.1) is 11.6 Å². The Bertz CT molecular complexity index is 362. The molecule has 1 aliphatic rings. The summed E-state index contributed by atoms with van der Waals surface area (Å²) < 4.78 is 26.7. The van der Waals surface area contributed by atoms with Gasteiger partial charge >= 0.3 is 0 Å². The Kier molecular flexibility index (Phi) is 2.73. The minimum Gasteiger partial charge on any atom is -0.396 e. The molecular formula is C10H13F2N3. The van der Waals surface area contributed by atoms with Gasteiger partial charge < -0.3 is 16.0 Å². The minimum atomic E-state index is -0.953. The van der Waals surface area contributed by atoms with E-state index in [1.165, 1.54) is 12.1 Å². The Balaban J connectivity index is 2.31. The molecule has 0 atom stereocenters. The van der Waals surface area contributed by atoms with Crippen LogP contribution < -0.4 is 16.0 Å². The molecule has 2 rings (SSSR count). The van der Waals surface area contributed by atoms with Crippen molar-refractivity contribution in [3.8, 4) is 0 Å². The van der Waals surface area contributed by atoms with Crippen LogP contribution in [-0.2, 0) is 0 Å². The quantitative estimate of drug-likeness (QED) is 0.683. The van der Waals surface area contributed by atoms with Gasteiger partial charge in [-0.15, -0.1) is 0 Å². The molecule has 3 N–H and O–H groups in total.